The van der Waals surface area contributed by atoms with Gasteiger partial charge in [0, 0.05) is 18.8 Å². The maximum Gasteiger partial charge on any atom is 0.0574 e. The third-order valence-electron chi connectivity index (χ3n) is 5.14. The van der Waals surface area contributed by atoms with Gasteiger partial charge in [-0.2, -0.15) is 0 Å². The van der Waals surface area contributed by atoms with Crippen molar-refractivity contribution in [3.05, 3.63) is 29.8 Å². The summed E-state index contributed by atoms with van der Waals surface area (Å²) in [4.78, 5) is 2.55. The summed E-state index contributed by atoms with van der Waals surface area (Å²) < 4.78 is 0. The zero-order valence-corrected chi connectivity index (χ0v) is 12.9. The minimum absolute atomic E-state index is 0.107. The van der Waals surface area contributed by atoms with Crippen molar-refractivity contribution in [2.45, 2.75) is 52.5 Å². The Labute approximate surface area is 118 Å². The highest BCUT2D eigenvalue weighted by Crippen LogP contribution is 2.50. The average Bonchev–Trinajstić information content (AvgIpc) is 2.67. The van der Waals surface area contributed by atoms with Gasteiger partial charge in [0.25, 0.3) is 0 Å². The van der Waals surface area contributed by atoms with Crippen molar-refractivity contribution in [1.82, 2.24) is 0 Å². The second-order valence-electron chi connectivity index (χ2n) is 6.56. The molecule has 0 spiro atoms. The van der Waals surface area contributed by atoms with Crippen molar-refractivity contribution in [1.29, 1.82) is 0 Å². The lowest BCUT2D eigenvalue weighted by molar-refractivity contribution is 0.201. The number of nitrogens with two attached hydrogens (primary N) is 1. The molecule has 2 heteroatoms. The standard InChI is InChI=1S/C17H28N2/c1-5-19(15-9-6-8-14(2)12-15)17(13-18)11-7-10-16(17,3)4/h6,8-9,12H,5,7,10-11,13,18H2,1-4H3. The normalized spacial score (nSPS) is 25.5. The summed E-state index contributed by atoms with van der Waals surface area (Å²) in [5.41, 5.74) is 9.28. The maximum atomic E-state index is 6.25. The van der Waals surface area contributed by atoms with Gasteiger partial charge in [-0.3, -0.25) is 0 Å². The van der Waals surface area contributed by atoms with Crippen LogP contribution in [-0.2, 0) is 0 Å². The highest BCUT2D eigenvalue weighted by atomic mass is 15.2. The lowest BCUT2D eigenvalue weighted by Gasteiger charge is -2.50. The first-order valence-electron chi connectivity index (χ1n) is 7.51. The van der Waals surface area contributed by atoms with Crippen molar-refractivity contribution >= 4 is 5.69 Å². The van der Waals surface area contributed by atoms with Crippen molar-refractivity contribution in [2.24, 2.45) is 11.1 Å². The minimum Gasteiger partial charge on any atom is -0.364 e. The molecule has 1 fully saturated rings. The molecule has 1 saturated carbocycles. The van der Waals surface area contributed by atoms with Crippen LogP contribution >= 0.6 is 0 Å². The van der Waals surface area contributed by atoms with Crippen LogP contribution in [0.5, 0.6) is 0 Å². The topological polar surface area (TPSA) is 29.3 Å². The van der Waals surface area contributed by atoms with Gasteiger partial charge in [-0.25, -0.2) is 0 Å². The van der Waals surface area contributed by atoms with Crippen LogP contribution in [0.2, 0.25) is 0 Å². The second-order valence-corrected chi connectivity index (χ2v) is 6.56. The van der Waals surface area contributed by atoms with E-state index in [4.69, 9.17) is 5.73 Å². The van der Waals surface area contributed by atoms with Crippen LogP contribution in [0.15, 0.2) is 24.3 Å². The average molecular weight is 260 g/mol. The van der Waals surface area contributed by atoms with Crippen molar-refractivity contribution < 1.29 is 0 Å². The fourth-order valence-electron chi connectivity index (χ4n) is 3.91. The molecule has 2 rings (SSSR count). The van der Waals surface area contributed by atoms with Gasteiger partial charge in [-0.1, -0.05) is 32.4 Å². The fraction of sp³-hybridized carbons (Fsp3) is 0.647. The Morgan fingerprint density at radius 2 is 2.00 bits per heavy atom. The Bertz CT molecular complexity index is 439. The molecule has 106 valence electrons. The highest BCUT2D eigenvalue weighted by molar-refractivity contribution is 5.52. The van der Waals surface area contributed by atoms with E-state index >= 15 is 0 Å². The largest absolute Gasteiger partial charge is 0.364 e. The Morgan fingerprint density at radius 3 is 2.47 bits per heavy atom. The summed E-state index contributed by atoms with van der Waals surface area (Å²) in [5.74, 6) is 0. The molecular weight excluding hydrogens is 232 g/mol. The predicted molar refractivity (Wildman–Crippen MR) is 83.6 cm³/mol. The molecule has 1 atom stereocenters. The molecule has 0 amide bonds. The molecule has 19 heavy (non-hydrogen) atoms. The molecule has 0 heterocycles. The van der Waals surface area contributed by atoms with Gasteiger partial charge in [0.05, 0.1) is 5.54 Å². The number of anilines is 1. The van der Waals surface area contributed by atoms with Crippen LogP contribution in [0.3, 0.4) is 0 Å². The number of likely N-dealkylation sites (N-methyl/N-ethyl adjacent to an activating group) is 1. The van der Waals surface area contributed by atoms with E-state index < -0.39 is 0 Å². The number of hydrogen-bond acceptors (Lipinski definition) is 2. The van der Waals surface area contributed by atoms with E-state index in [9.17, 15) is 0 Å². The molecule has 0 radical (unpaired) electrons. The molecule has 1 unspecified atom stereocenters. The van der Waals surface area contributed by atoms with E-state index in [1.165, 1.54) is 30.5 Å². The molecule has 1 aromatic rings. The second kappa shape index (κ2) is 5.16. The Hall–Kier alpha value is -1.02. The van der Waals surface area contributed by atoms with Gasteiger partial charge in [0.2, 0.25) is 0 Å². The molecule has 0 aliphatic heterocycles. The van der Waals surface area contributed by atoms with Crippen LogP contribution in [0.25, 0.3) is 0 Å². The molecule has 1 aliphatic rings. The van der Waals surface area contributed by atoms with Crippen LogP contribution in [0.1, 0.15) is 45.6 Å². The molecule has 0 aromatic heterocycles. The third-order valence-corrected chi connectivity index (χ3v) is 5.14. The Kier molecular flexibility index (Phi) is 3.91. The quantitative estimate of drug-likeness (QED) is 0.894. The van der Waals surface area contributed by atoms with E-state index in [2.05, 4.69) is 56.9 Å². The summed E-state index contributed by atoms with van der Waals surface area (Å²) in [7, 11) is 0. The Morgan fingerprint density at radius 1 is 1.26 bits per heavy atom. The number of aryl methyl sites for hydroxylation is 1. The van der Waals surface area contributed by atoms with Crippen molar-refractivity contribution in [2.75, 3.05) is 18.0 Å². The first kappa shape index (κ1) is 14.4. The fourth-order valence-corrected chi connectivity index (χ4v) is 3.91. The van der Waals surface area contributed by atoms with Crippen molar-refractivity contribution in [3.8, 4) is 0 Å². The van der Waals surface area contributed by atoms with Gasteiger partial charge in [-0.05, 0) is 49.8 Å². The van der Waals surface area contributed by atoms with E-state index in [0.717, 1.165) is 13.1 Å². The number of rotatable bonds is 4. The number of benzene rings is 1. The summed E-state index contributed by atoms with van der Waals surface area (Å²) in [5, 5.41) is 0. The van der Waals surface area contributed by atoms with Gasteiger partial charge < -0.3 is 10.6 Å². The van der Waals surface area contributed by atoms with Crippen LogP contribution < -0.4 is 10.6 Å². The van der Waals surface area contributed by atoms with Crippen molar-refractivity contribution in [3.63, 3.8) is 0 Å². The lowest BCUT2D eigenvalue weighted by atomic mass is 9.73. The number of hydrogen-bond donors (Lipinski definition) is 1. The van der Waals surface area contributed by atoms with Gasteiger partial charge in [0.1, 0.15) is 0 Å². The SMILES string of the molecule is CCN(c1cccc(C)c1)C1(CN)CCCC1(C)C. The third kappa shape index (κ3) is 2.27. The van der Waals surface area contributed by atoms with E-state index in [0.29, 0.717) is 0 Å². The summed E-state index contributed by atoms with van der Waals surface area (Å²) >= 11 is 0. The summed E-state index contributed by atoms with van der Waals surface area (Å²) in [6.45, 7) is 10.9. The van der Waals surface area contributed by atoms with Gasteiger partial charge in [-0.15, -0.1) is 0 Å². The number of nitrogens with zero attached hydrogens (tertiary/aromatic N) is 1. The van der Waals surface area contributed by atoms with E-state index in [1.807, 2.05) is 0 Å². The molecule has 2 N–H and O–H groups in total. The maximum absolute atomic E-state index is 6.25. The van der Waals surface area contributed by atoms with E-state index in [-0.39, 0.29) is 11.0 Å². The zero-order valence-electron chi connectivity index (χ0n) is 12.9. The molecular formula is C17H28N2. The minimum atomic E-state index is 0.107. The first-order valence-corrected chi connectivity index (χ1v) is 7.51. The van der Waals surface area contributed by atoms with Crippen LogP contribution in [0, 0.1) is 12.3 Å². The summed E-state index contributed by atoms with van der Waals surface area (Å²) in [6, 6.07) is 8.82. The van der Waals surface area contributed by atoms with Crippen LogP contribution in [0.4, 0.5) is 5.69 Å². The van der Waals surface area contributed by atoms with Gasteiger partial charge >= 0.3 is 0 Å². The molecule has 0 bridgehead atoms. The predicted octanol–water partition coefficient (Wildman–Crippen LogP) is 3.73. The van der Waals surface area contributed by atoms with E-state index in [1.54, 1.807) is 0 Å². The molecule has 1 aliphatic carbocycles. The molecule has 0 saturated heterocycles. The smallest absolute Gasteiger partial charge is 0.0574 e. The molecule has 1 aromatic carbocycles. The highest BCUT2D eigenvalue weighted by Gasteiger charge is 2.51. The first-order chi connectivity index (χ1) is 8.97. The Balaban J connectivity index is 2.45. The zero-order chi connectivity index (χ0) is 14.1. The summed E-state index contributed by atoms with van der Waals surface area (Å²) in [6.07, 6.45) is 3.76. The lowest BCUT2D eigenvalue weighted by Crippen LogP contribution is -2.60. The monoisotopic (exact) mass is 260 g/mol. The van der Waals surface area contributed by atoms with Crippen LogP contribution in [-0.4, -0.2) is 18.6 Å². The molecule has 2 nitrogen and oxygen atoms in total. The van der Waals surface area contributed by atoms with Gasteiger partial charge in [0.15, 0.2) is 0 Å².